The summed E-state index contributed by atoms with van der Waals surface area (Å²) in [4.78, 5) is 34.6. The lowest BCUT2D eigenvalue weighted by molar-refractivity contribution is -0.116. The number of aryl methyl sites for hydroxylation is 1. The molecule has 0 aliphatic heterocycles. The van der Waals surface area contributed by atoms with Crippen LogP contribution in [-0.2, 0) is 17.1 Å². The first-order chi connectivity index (χ1) is 14.6. The third kappa shape index (κ3) is 4.58. The zero-order valence-corrected chi connectivity index (χ0v) is 17.2. The first-order valence-corrected chi connectivity index (χ1v) is 10.4. The van der Waals surface area contributed by atoms with Gasteiger partial charge in [-0.1, -0.05) is 18.2 Å². The van der Waals surface area contributed by atoms with E-state index in [0.717, 1.165) is 21.8 Å². The van der Waals surface area contributed by atoms with Crippen LogP contribution < -0.4 is 10.9 Å². The lowest BCUT2D eigenvalue weighted by atomic mass is 10.1. The van der Waals surface area contributed by atoms with Gasteiger partial charge in [-0.2, -0.15) is 0 Å². The van der Waals surface area contributed by atoms with E-state index in [-0.39, 0.29) is 18.0 Å². The second-order valence-corrected chi connectivity index (χ2v) is 7.92. The van der Waals surface area contributed by atoms with Crippen LogP contribution in [0.5, 0.6) is 0 Å². The summed E-state index contributed by atoms with van der Waals surface area (Å²) in [6.45, 7) is 1.82. The molecule has 0 unspecified atom stereocenters. The predicted octanol–water partition coefficient (Wildman–Crippen LogP) is 4.03. The molecule has 0 saturated heterocycles. The van der Waals surface area contributed by atoms with Gasteiger partial charge in [0, 0.05) is 28.7 Å². The molecule has 4 rings (SSSR count). The smallest absolute Gasteiger partial charge is 0.261 e. The van der Waals surface area contributed by atoms with Crippen LogP contribution in [-0.4, -0.2) is 20.4 Å². The summed E-state index contributed by atoms with van der Waals surface area (Å²) in [5.74, 6) is 0.554. The van der Waals surface area contributed by atoms with Crippen LogP contribution in [0.2, 0.25) is 0 Å². The quantitative estimate of drug-likeness (QED) is 0.480. The van der Waals surface area contributed by atoms with Crippen LogP contribution in [0.4, 0.5) is 5.69 Å². The number of amides is 1. The molecule has 0 fully saturated rings. The van der Waals surface area contributed by atoms with E-state index >= 15 is 0 Å². The molecule has 0 spiro atoms. The average Bonchev–Trinajstić information content (AvgIpc) is 2.76. The van der Waals surface area contributed by atoms with Crippen molar-refractivity contribution in [1.29, 1.82) is 0 Å². The Labute approximate surface area is 178 Å². The minimum Gasteiger partial charge on any atom is -0.325 e. The monoisotopic (exact) mass is 416 g/mol. The van der Waals surface area contributed by atoms with E-state index in [1.54, 1.807) is 24.0 Å². The van der Waals surface area contributed by atoms with Crippen molar-refractivity contribution >= 4 is 34.3 Å². The van der Waals surface area contributed by atoms with E-state index in [0.29, 0.717) is 16.6 Å². The molecular weight excluding hydrogens is 396 g/mol. The summed E-state index contributed by atoms with van der Waals surface area (Å²) in [6.07, 6.45) is 5.04. The summed E-state index contributed by atoms with van der Waals surface area (Å²) in [7, 11) is 0. The average molecular weight is 417 g/mol. The van der Waals surface area contributed by atoms with Crippen molar-refractivity contribution in [3.05, 3.63) is 94.8 Å². The molecule has 0 aliphatic carbocycles. The highest BCUT2D eigenvalue weighted by atomic mass is 32.2. The first kappa shape index (κ1) is 19.8. The number of nitrogens with zero attached hydrogens (tertiary/aromatic N) is 3. The van der Waals surface area contributed by atoms with Crippen molar-refractivity contribution in [2.75, 3.05) is 5.32 Å². The summed E-state index contributed by atoms with van der Waals surface area (Å²) in [5.41, 5.74) is 3.22. The summed E-state index contributed by atoms with van der Waals surface area (Å²) in [5, 5.41) is 3.35. The third-order valence-electron chi connectivity index (χ3n) is 4.64. The Morgan fingerprint density at radius 3 is 2.70 bits per heavy atom. The number of benzene rings is 2. The molecule has 2 heterocycles. The maximum atomic E-state index is 12.6. The number of thioether (sulfide) groups is 1. The van der Waals surface area contributed by atoms with Crippen LogP contribution >= 0.6 is 11.8 Å². The molecule has 0 bridgehead atoms. The topological polar surface area (TPSA) is 76.9 Å². The van der Waals surface area contributed by atoms with Crippen molar-refractivity contribution in [2.24, 2.45) is 0 Å². The Morgan fingerprint density at radius 2 is 1.93 bits per heavy atom. The largest absolute Gasteiger partial charge is 0.325 e. The highest BCUT2D eigenvalue weighted by Crippen LogP contribution is 2.24. The van der Waals surface area contributed by atoms with Crippen molar-refractivity contribution in [3.8, 4) is 0 Å². The zero-order chi connectivity index (χ0) is 20.9. The standard InChI is InChI=1S/C23H20N4O2S/c1-16-4-2-6-20-22(16)25-15-27(23(20)29)13-21(28)26-18-7-9-19(10-8-18)30-14-17-5-3-11-24-12-17/h2-12,15H,13-14H2,1H3,(H,26,28). The molecule has 30 heavy (non-hydrogen) atoms. The number of fused-ring (bicyclic) bond motifs is 1. The van der Waals surface area contributed by atoms with E-state index in [1.165, 1.54) is 10.9 Å². The van der Waals surface area contributed by atoms with E-state index in [9.17, 15) is 9.59 Å². The van der Waals surface area contributed by atoms with Crippen LogP contribution in [0.15, 0.2) is 83.0 Å². The summed E-state index contributed by atoms with van der Waals surface area (Å²) >= 11 is 1.70. The maximum Gasteiger partial charge on any atom is 0.261 e. The fourth-order valence-corrected chi connectivity index (χ4v) is 3.92. The van der Waals surface area contributed by atoms with Gasteiger partial charge in [-0.05, 0) is 54.4 Å². The number of nitrogens with one attached hydrogen (secondary N) is 1. The number of hydrogen-bond acceptors (Lipinski definition) is 5. The third-order valence-corrected chi connectivity index (χ3v) is 5.72. The molecule has 0 radical (unpaired) electrons. The van der Waals surface area contributed by atoms with Gasteiger partial charge in [0.2, 0.25) is 5.91 Å². The Bertz CT molecular complexity index is 1240. The molecule has 0 aliphatic rings. The molecule has 4 aromatic rings. The van der Waals surface area contributed by atoms with E-state index < -0.39 is 0 Å². The van der Waals surface area contributed by atoms with Crippen molar-refractivity contribution in [2.45, 2.75) is 24.1 Å². The Balaban J connectivity index is 1.39. The number of para-hydroxylation sites is 1. The molecule has 1 amide bonds. The second-order valence-electron chi connectivity index (χ2n) is 6.87. The van der Waals surface area contributed by atoms with E-state index in [1.807, 2.05) is 61.7 Å². The Kier molecular flexibility index (Phi) is 5.90. The number of pyridine rings is 1. The van der Waals surface area contributed by atoms with Gasteiger partial charge in [-0.15, -0.1) is 11.8 Å². The van der Waals surface area contributed by atoms with Gasteiger partial charge in [0.05, 0.1) is 17.2 Å². The van der Waals surface area contributed by atoms with Gasteiger partial charge in [0.25, 0.3) is 5.56 Å². The lowest BCUT2D eigenvalue weighted by Gasteiger charge is -2.09. The molecule has 7 heteroatoms. The fourth-order valence-electron chi connectivity index (χ4n) is 3.09. The van der Waals surface area contributed by atoms with Crippen LogP contribution in [0.3, 0.4) is 0 Å². The number of rotatable bonds is 6. The summed E-state index contributed by atoms with van der Waals surface area (Å²) < 4.78 is 1.33. The number of carbonyl (C=O) groups is 1. The van der Waals surface area contributed by atoms with Crippen LogP contribution in [0, 0.1) is 6.92 Å². The van der Waals surface area contributed by atoms with Crippen LogP contribution in [0.1, 0.15) is 11.1 Å². The lowest BCUT2D eigenvalue weighted by Crippen LogP contribution is -2.28. The van der Waals surface area contributed by atoms with Crippen molar-refractivity contribution in [1.82, 2.24) is 14.5 Å². The molecule has 2 aromatic carbocycles. The number of hydrogen-bond donors (Lipinski definition) is 1. The highest BCUT2D eigenvalue weighted by molar-refractivity contribution is 7.98. The van der Waals surface area contributed by atoms with Crippen molar-refractivity contribution in [3.63, 3.8) is 0 Å². The highest BCUT2D eigenvalue weighted by Gasteiger charge is 2.09. The molecule has 150 valence electrons. The molecule has 0 atom stereocenters. The Morgan fingerprint density at radius 1 is 1.10 bits per heavy atom. The normalized spacial score (nSPS) is 10.8. The maximum absolute atomic E-state index is 12.6. The molecule has 2 aromatic heterocycles. The van der Waals surface area contributed by atoms with Gasteiger partial charge in [-0.25, -0.2) is 4.98 Å². The number of carbonyl (C=O) groups excluding carboxylic acids is 1. The van der Waals surface area contributed by atoms with Gasteiger partial charge in [0.15, 0.2) is 0 Å². The van der Waals surface area contributed by atoms with E-state index in [4.69, 9.17) is 0 Å². The summed E-state index contributed by atoms with van der Waals surface area (Å²) in [6, 6.07) is 17.1. The second kappa shape index (κ2) is 8.92. The Hall–Kier alpha value is -3.45. The van der Waals surface area contributed by atoms with Gasteiger partial charge in [0.1, 0.15) is 6.54 Å². The first-order valence-electron chi connectivity index (χ1n) is 9.46. The molecular formula is C23H20N4O2S. The molecule has 0 saturated carbocycles. The predicted molar refractivity (Wildman–Crippen MR) is 120 cm³/mol. The zero-order valence-electron chi connectivity index (χ0n) is 16.4. The fraction of sp³-hybridized carbons (Fsp3) is 0.130. The van der Waals surface area contributed by atoms with Crippen molar-refractivity contribution < 1.29 is 4.79 Å². The van der Waals surface area contributed by atoms with Gasteiger partial charge in [-0.3, -0.25) is 19.1 Å². The van der Waals surface area contributed by atoms with Gasteiger partial charge >= 0.3 is 0 Å². The molecule has 1 N–H and O–H groups in total. The van der Waals surface area contributed by atoms with Gasteiger partial charge < -0.3 is 5.32 Å². The van der Waals surface area contributed by atoms with Crippen LogP contribution in [0.25, 0.3) is 10.9 Å². The number of aromatic nitrogens is 3. The van der Waals surface area contributed by atoms with E-state index in [2.05, 4.69) is 15.3 Å². The minimum absolute atomic E-state index is 0.0901. The molecule has 6 nitrogen and oxygen atoms in total. The minimum atomic E-state index is -0.276. The SMILES string of the molecule is Cc1cccc2c(=O)n(CC(=O)Nc3ccc(SCc4cccnc4)cc3)cnc12. The number of anilines is 1.